The Morgan fingerprint density at radius 2 is 1.88 bits per heavy atom. The van der Waals surface area contributed by atoms with Crippen molar-refractivity contribution in [2.45, 2.75) is 97.4 Å². The molecule has 25 heavy (non-hydrogen) atoms. The third-order valence-electron chi connectivity index (χ3n) is 9.25. The van der Waals surface area contributed by atoms with Crippen molar-refractivity contribution in [3.63, 3.8) is 0 Å². The van der Waals surface area contributed by atoms with Gasteiger partial charge in [-0.1, -0.05) is 20.8 Å². The van der Waals surface area contributed by atoms with Crippen LogP contribution in [0.5, 0.6) is 0 Å². The largest absolute Gasteiger partial charge is 0.390 e. The highest BCUT2D eigenvalue weighted by molar-refractivity contribution is 5.79. The zero-order chi connectivity index (χ0) is 23.3. The minimum atomic E-state index is -2.73. The van der Waals surface area contributed by atoms with Crippen LogP contribution in [0.3, 0.4) is 0 Å². The first-order valence-corrected chi connectivity index (χ1v) is 10.3. The van der Waals surface area contributed by atoms with Gasteiger partial charge in [-0.3, -0.25) is 4.79 Å². The van der Waals surface area contributed by atoms with Crippen LogP contribution >= 0.6 is 0 Å². The standard InChI is InChI=1S/C23H38O2/c1-5-23(25)13-12-21(3)16(14-23)6-7-17-19-9-8-18(15(2)24)22(19,4)11-10-20(17)21/h16-20,25H,5-14H2,1-4H3/t16-,17-,18+,19-,20-,21-,22+,23+/m0/s1/i2D3,5D2,18D. The summed E-state index contributed by atoms with van der Waals surface area (Å²) in [5.74, 6) is -1.14. The Morgan fingerprint density at radius 3 is 2.60 bits per heavy atom. The first kappa shape index (κ1) is 12.2. The maximum Gasteiger partial charge on any atom is 0.133 e. The Morgan fingerprint density at radius 1 is 1.12 bits per heavy atom. The highest BCUT2D eigenvalue weighted by Crippen LogP contribution is 2.68. The van der Waals surface area contributed by atoms with Crippen LogP contribution in [0.4, 0.5) is 0 Å². The van der Waals surface area contributed by atoms with E-state index in [9.17, 15) is 9.90 Å². The van der Waals surface area contributed by atoms with Crippen LogP contribution < -0.4 is 0 Å². The SMILES string of the molecule is [2H]C([2H])([2H])C(=O)[C@@]1([2H])CC[C@H]2[C@@H]3CC[C@H]4C[C@@](O)(C([2H])([2H])C)CC[C@]4(C)[C@H]3CC[C@@]21C. The first-order valence-electron chi connectivity index (χ1n) is 13.3. The molecular formula is C23H38O2. The molecule has 8 atom stereocenters. The molecule has 0 bridgehead atoms. The van der Waals surface area contributed by atoms with E-state index in [1.54, 1.807) is 0 Å². The molecule has 0 spiro atoms. The van der Waals surface area contributed by atoms with Crippen molar-refractivity contribution in [2.75, 3.05) is 0 Å². The van der Waals surface area contributed by atoms with Gasteiger partial charge in [0.05, 0.1) is 5.60 Å². The van der Waals surface area contributed by atoms with E-state index in [1.165, 1.54) is 6.92 Å². The average Bonchev–Trinajstić information content (AvgIpc) is 2.92. The van der Waals surface area contributed by atoms with Crippen LogP contribution in [-0.4, -0.2) is 16.5 Å². The molecule has 0 aliphatic heterocycles. The molecule has 0 aromatic heterocycles. The van der Waals surface area contributed by atoms with Gasteiger partial charge in [0.15, 0.2) is 0 Å². The molecule has 0 aromatic carbocycles. The van der Waals surface area contributed by atoms with E-state index < -0.39 is 35.9 Å². The number of carbonyl (C=O) groups is 1. The van der Waals surface area contributed by atoms with Crippen molar-refractivity contribution < 1.29 is 18.1 Å². The second kappa shape index (κ2) is 5.81. The smallest absolute Gasteiger partial charge is 0.133 e. The van der Waals surface area contributed by atoms with Crippen molar-refractivity contribution in [2.24, 2.45) is 40.4 Å². The van der Waals surface area contributed by atoms with Crippen LogP contribution in [0.2, 0.25) is 0 Å². The van der Waals surface area contributed by atoms with Gasteiger partial charge in [0.25, 0.3) is 0 Å². The number of fused-ring (bicyclic) bond motifs is 5. The summed E-state index contributed by atoms with van der Waals surface area (Å²) in [7, 11) is 0. The average molecular weight is 353 g/mol. The van der Waals surface area contributed by atoms with Crippen molar-refractivity contribution in [3.8, 4) is 0 Å². The molecule has 142 valence electrons. The third-order valence-corrected chi connectivity index (χ3v) is 9.25. The van der Waals surface area contributed by atoms with Gasteiger partial charge in [-0.2, -0.15) is 0 Å². The third kappa shape index (κ3) is 2.49. The van der Waals surface area contributed by atoms with Gasteiger partial charge in [-0.25, -0.2) is 0 Å². The maximum atomic E-state index is 12.9. The van der Waals surface area contributed by atoms with Crippen molar-refractivity contribution in [3.05, 3.63) is 0 Å². The van der Waals surface area contributed by atoms with Crippen LogP contribution in [0.25, 0.3) is 0 Å². The molecule has 4 aliphatic carbocycles. The van der Waals surface area contributed by atoms with E-state index in [0.29, 0.717) is 37.5 Å². The van der Waals surface area contributed by atoms with Gasteiger partial charge < -0.3 is 5.11 Å². The lowest BCUT2D eigenvalue weighted by Crippen LogP contribution is -2.56. The van der Waals surface area contributed by atoms with Crippen LogP contribution in [0.15, 0.2) is 0 Å². The van der Waals surface area contributed by atoms with Crippen LogP contribution in [-0.2, 0) is 4.79 Å². The number of carbonyl (C=O) groups excluding carboxylic acids is 1. The van der Waals surface area contributed by atoms with E-state index in [-0.39, 0.29) is 17.3 Å². The number of aliphatic hydroxyl groups is 1. The Balaban J connectivity index is 1.61. The summed E-state index contributed by atoms with van der Waals surface area (Å²) in [5.41, 5.74) is -1.84. The molecule has 0 aromatic rings. The number of ketones is 1. The lowest BCUT2D eigenvalue weighted by molar-refractivity contribution is -0.154. The summed E-state index contributed by atoms with van der Waals surface area (Å²) in [6.45, 7) is 3.07. The molecule has 4 aliphatic rings. The molecule has 0 unspecified atom stereocenters. The molecule has 0 saturated heterocycles. The van der Waals surface area contributed by atoms with Crippen molar-refractivity contribution >= 4 is 5.78 Å². The molecule has 1 N–H and O–H groups in total. The predicted octanol–water partition coefficient (Wildman–Crippen LogP) is 5.38. The lowest BCUT2D eigenvalue weighted by Gasteiger charge is -2.62. The van der Waals surface area contributed by atoms with E-state index in [2.05, 4.69) is 6.92 Å². The quantitative estimate of drug-likeness (QED) is 0.725. The van der Waals surface area contributed by atoms with Gasteiger partial charge in [-0.05, 0) is 106 Å². The monoisotopic (exact) mass is 352 g/mol. The molecule has 0 amide bonds. The second-order valence-electron chi connectivity index (χ2n) is 9.95. The summed E-state index contributed by atoms with van der Waals surface area (Å²) in [4.78, 5) is 12.9. The lowest BCUT2D eigenvalue weighted by atomic mass is 9.43. The zero-order valence-corrected chi connectivity index (χ0v) is 16.0. The zero-order valence-electron chi connectivity index (χ0n) is 22.0. The van der Waals surface area contributed by atoms with Crippen LogP contribution in [0, 0.1) is 40.4 Å². The Kier molecular flexibility index (Phi) is 2.83. The van der Waals surface area contributed by atoms with E-state index >= 15 is 0 Å². The first-order chi connectivity index (χ1) is 14.0. The molecule has 4 saturated carbocycles. The van der Waals surface area contributed by atoms with Gasteiger partial charge >= 0.3 is 0 Å². The van der Waals surface area contributed by atoms with E-state index in [0.717, 1.165) is 32.1 Å². The number of rotatable bonds is 2. The van der Waals surface area contributed by atoms with Gasteiger partial charge in [0, 0.05) is 14.1 Å². The molecule has 4 fully saturated rings. The van der Waals surface area contributed by atoms with Gasteiger partial charge in [0.1, 0.15) is 5.78 Å². The van der Waals surface area contributed by atoms with Crippen molar-refractivity contribution in [1.82, 2.24) is 0 Å². The minimum Gasteiger partial charge on any atom is -0.390 e. The normalized spacial score (nSPS) is 62.7. The molecule has 2 nitrogen and oxygen atoms in total. The van der Waals surface area contributed by atoms with Crippen molar-refractivity contribution in [1.29, 1.82) is 0 Å². The second-order valence-corrected chi connectivity index (χ2v) is 9.95. The summed E-state index contributed by atoms with van der Waals surface area (Å²) in [6.07, 6.45) is 4.70. The Hall–Kier alpha value is -0.370. The molecular weight excluding hydrogens is 308 g/mol. The maximum absolute atomic E-state index is 12.9. The Labute approximate surface area is 162 Å². The number of hydrogen-bond donors (Lipinski definition) is 1. The Bertz CT molecular complexity index is 762. The van der Waals surface area contributed by atoms with E-state index in [4.69, 9.17) is 8.22 Å². The highest BCUT2D eigenvalue weighted by atomic mass is 16.3. The molecule has 4 rings (SSSR count). The summed E-state index contributed by atoms with van der Waals surface area (Å²) in [5, 5.41) is 11.1. The fourth-order valence-corrected chi connectivity index (χ4v) is 7.66. The minimum absolute atomic E-state index is 0.0308. The molecule has 2 heteroatoms. The number of hydrogen-bond acceptors (Lipinski definition) is 2. The highest BCUT2D eigenvalue weighted by Gasteiger charge is 2.61. The fourth-order valence-electron chi connectivity index (χ4n) is 7.66. The topological polar surface area (TPSA) is 37.3 Å². The summed E-state index contributed by atoms with van der Waals surface area (Å²) >= 11 is 0. The summed E-state index contributed by atoms with van der Waals surface area (Å²) in [6, 6.07) is 0. The molecule has 0 heterocycles. The van der Waals surface area contributed by atoms with Crippen LogP contribution in [0.1, 0.15) is 100 Å². The molecule has 0 radical (unpaired) electrons. The fraction of sp³-hybridized carbons (Fsp3) is 0.957. The number of Topliss-reactive ketones (excluding diaryl/α,β-unsaturated/α-hetero) is 1. The van der Waals surface area contributed by atoms with Gasteiger partial charge in [0.2, 0.25) is 0 Å². The van der Waals surface area contributed by atoms with Gasteiger partial charge in [-0.15, -0.1) is 0 Å². The predicted molar refractivity (Wildman–Crippen MR) is 101 cm³/mol. The summed E-state index contributed by atoms with van der Waals surface area (Å²) < 4.78 is 48.3. The van der Waals surface area contributed by atoms with E-state index in [1.807, 2.05) is 6.92 Å².